The van der Waals surface area contributed by atoms with Gasteiger partial charge in [0.25, 0.3) is 5.91 Å². The summed E-state index contributed by atoms with van der Waals surface area (Å²) >= 11 is 5.97. The molecule has 0 aliphatic heterocycles. The fourth-order valence-electron chi connectivity index (χ4n) is 1.46. The molecule has 0 radical (unpaired) electrons. The van der Waals surface area contributed by atoms with Crippen molar-refractivity contribution < 1.29 is 9.53 Å². The summed E-state index contributed by atoms with van der Waals surface area (Å²) < 4.78 is 5.51. The molecule has 4 nitrogen and oxygen atoms in total. The molecule has 2 aromatic rings. The van der Waals surface area contributed by atoms with Crippen LogP contribution >= 0.6 is 11.6 Å². The molecule has 0 spiro atoms. The molecule has 1 N–H and O–H groups in total. The van der Waals surface area contributed by atoms with E-state index in [1.54, 1.807) is 55.7 Å². The van der Waals surface area contributed by atoms with Gasteiger partial charge in [-0.2, -0.15) is 0 Å². The first-order chi connectivity index (χ1) is 9.16. The number of ether oxygens (including phenoxy) is 1. The van der Waals surface area contributed by atoms with Crippen LogP contribution in [-0.2, 0) is 4.79 Å². The molecule has 0 saturated carbocycles. The highest BCUT2D eigenvalue weighted by atomic mass is 35.5. The Labute approximate surface area is 116 Å². The standard InChI is InChI=1S/C14H13ClN2O2/c1-10(19-13-7-3-2-6-12(13)15)14(18)17-11-5-4-8-16-9-11/h2-10H,1H3,(H,17,18)/t10-/m0/s1. The van der Waals surface area contributed by atoms with Crippen LogP contribution in [0.1, 0.15) is 6.92 Å². The van der Waals surface area contributed by atoms with Crippen molar-refractivity contribution in [3.05, 3.63) is 53.8 Å². The number of carbonyl (C=O) groups excluding carboxylic acids is 1. The molecule has 1 amide bonds. The molecule has 0 aliphatic rings. The molecule has 1 heterocycles. The highest BCUT2D eigenvalue weighted by Gasteiger charge is 2.15. The Kier molecular flexibility index (Phi) is 4.36. The third kappa shape index (κ3) is 3.69. The first-order valence-electron chi connectivity index (χ1n) is 5.79. The molecule has 0 unspecified atom stereocenters. The van der Waals surface area contributed by atoms with Gasteiger partial charge in [-0.05, 0) is 31.2 Å². The van der Waals surface area contributed by atoms with Crippen LogP contribution in [0.3, 0.4) is 0 Å². The van der Waals surface area contributed by atoms with Gasteiger partial charge < -0.3 is 10.1 Å². The van der Waals surface area contributed by atoms with E-state index < -0.39 is 6.10 Å². The zero-order valence-electron chi connectivity index (χ0n) is 10.3. The summed E-state index contributed by atoms with van der Waals surface area (Å²) in [5.41, 5.74) is 0.627. The second-order valence-corrected chi connectivity index (χ2v) is 4.33. The molecule has 1 aromatic heterocycles. The van der Waals surface area contributed by atoms with E-state index in [0.717, 1.165) is 0 Å². The van der Waals surface area contributed by atoms with Crippen LogP contribution in [0.2, 0.25) is 5.02 Å². The highest BCUT2D eigenvalue weighted by Crippen LogP contribution is 2.24. The number of carbonyl (C=O) groups is 1. The number of benzene rings is 1. The van der Waals surface area contributed by atoms with Crippen molar-refractivity contribution in [1.82, 2.24) is 4.98 Å². The molecular weight excluding hydrogens is 264 g/mol. The Bertz CT molecular complexity index is 560. The van der Waals surface area contributed by atoms with Gasteiger partial charge in [-0.1, -0.05) is 23.7 Å². The van der Waals surface area contributed by atoms with Crippen LogP contribution in [0.5, 0.6) is 5.75 Å². The zero-order chi connectivity index (χ0) is 13.7. The minimum absolute atomic E-state index is 0.257. The number of para-hydroxylation sites is 1. The van der Waals surface area contributed by atoms with E-state index in [1.165, 1.54) is 0 Å². The molecule has 1 atom stereocenters. The molecule has 0 fully saturated rings. The summed E-state index contributed by atoms with van der Waals surface area (Å²) in [5.74, 6) is 0.228. The van der Waals surface area contributed by atoms with Crippen molar-refractivity contribution in [2.24, 2.45) is 0 Å². The lowest BCUT2D eigenvalue weighted by Crippen LogP contribution is -2.30. The molecule has 19 heavy (non-hydrogen) atoms. The number of amides is 1. The number of hydrogen-bond donors (Lipinski definition) is 1. The van der Waals surface area contributed by atoms with Crippen LogP contribution in [0.15, 0.2) is 48.8 Å². The van der Waals surface area contributed by atoms with Crippen molar-refractivity contribution in [3.8, 4) is 5.75 Å². The summed E-state index contributed by atoms with van der Waals surface area (Å²) in [7, 11) is 0. The Morgan fingerprint density at radius 2 is 2.11 bits per heavy atom. The number of pyridine rings is 1. The number of aromatic nitrogens is 1. The van der Waals surface area contributed by atoms with Gasteiger partial charge in [-0.15, -0.1) is 0 Å². The molecule has 0 aliphatic carbocycles. The van der Waals surface area contributed by atoms with E-state index in [0.29, 0.717) is 16.5 Å². The minimum Gasteiger partial charge on any atom is -0.479 e. The Balaban J connectivity index is 1.98. The van der Waals surface area contributed by atoms with E-state index >= 15 is 0 Å². The zero-order valence-corrected chi connectivity index (χ0v) is 11.1. The maximum atomic E-state index is 11.9. The highest BCUT2D eigenvalue weighted by molar-refractivity contribution is 6.32. The molecular formula is C14H13ClN2O2. The second-order valence-electron chi connectivity index (χ2n) is 3.92. The number of nitrogens with zero attached hydrogens (tertiary/aromatic N) is 1. The number of rotatable bonds is 4. The lowest BCUT2D eigenvalue weighted by atomic mass is 10.3. The third-order valence-electron chi connectivity index (χ3n) is 2.44. The van der Waals surface area contributed by atoms with Crippen LogP contribution in [0, 0.1) is 0 Å². The summed E-state index contributed by atoms with van der Waals surface area (Å²) in [6.07, 6.45) is 2.56. The number of anilines is 1. The van der Waals surface area contributed by atoms with Gasteiger partial charge in [0.2, 0.25) is 0 Å². The number of halogens is 1. The molecule has 5 heteroatoms. The van der Waals surface area contributed by atoms with Crippen molar-refractivity contribution in [1.29, 1.82) is 0 Å². The van der Waals surface area contributed by atoms with E-state index in [9.17, 15) is 4.79 Å². The lowest BCUT2D eigenvalue weighted by Gasteiger charge is -2.15. The second kappa shape index (κ2) is 6.20. The SMILES string of the molecule is C[C@H](Oc1ccccc1Cl)C(=O)Nc1cccnc1. The quantitative estimate of drug-likeness (QED) is 0.933. The fraction of sp³-hybridized carbons (Fsp3) is 0.143. The van der Waals surface area contributed by atoms with Crippen LogP contribution in [0.25, 0.3) is 0 Å². The summed E-state index contributed by atoms with van der Waals surface area (Å²) in [6.45, 7) is 1.66. The molecule has 1 aromatic carbocycles. The van der Waals surface area contributed by atoms with Crippen molar-refractivity contribution >= 4 is 23.2 Å². The summed E-state index contributed by atoms with van der Waals surface area (Å²) in [5, 5.41) is 3.19. The average molecular weight is 277 g/mol. The fourth-order valence-corrected chi connectivity index (χ4v) is 1.65. The first-order valence-corrected chi connectivity index (χ1v) is 6.16. The molecule has 98 valence electrons. The van der Waals surface area contributed by atoms with Gasteiger partial charge in [0, 0.05) is 6.20 Å². The normalized spacial score (nSPS) is 11.7. The van der Waals surface area contributed by atoms with Gasteiger partial charge in [0.05, 0.1) is 16.9 Å². The van der Waals surface area contributed by atoms with E-state index in [1.807, 2.05) is 0 Å². The van der Waals surface area contributed by atoms with Crippen molar-refractivity contribution in [3.63, 3.8) is 0 Å². The van der Waals surface area contributed by atoms with Gasteiger partial charge in [0.1, 0.15) is 5.75 Å². The molecule has 0 bridgehead atoms. The minimum atomic E-state index is -0.653. The van der Waals surface area contributed by atoms with Gasteiger partial charge in [-0.3, -0.25) is 9.78 Å². The van der Waals surface area contributed by atoms with E-state index in [4.69, 9.17) is 16.3 Å². The van der Waals surface area contributed by atoms with Crippen LogP contribution in [0.4, 0.5) is 5.69 Å². The molecule has 2 rings (SSSR count). The average Bonchev–Trinajstić information content (AvgIpc) is 2.42. The predicted molar refractivity (Wildman–Crippen MR) is 74.4 cm³/mol. The van der Waals surface area contributed by atoms with Crippen LogP contribution in [-0.4, -0.2) is 17.0 Å². The predicted octanol–water partition coefficient (Wildman–Crippen LogP) is 3.14. The summed E-state index contributed by atoms with van der Waals surface area (Å²) in [4.78, 5) is 15.8. The van der Waals surface area contributed by atoms with Crippen molar-refractivity contribution in [2.75, 3.05) is 5.32 Å². The largest absolute Gasteiger partial charge is 0.479 e. The molecule has 0 saturated heterocycles. The van der Waals surface area contributed by atoms with E-state index in [-0.39, 0.29) is 5.91 Å². The Morgan fingerprint density at radius 3 is 2.79 bits per heavy atom. The maximum Gasteiger partial charge on any atom is 0.265 e. The maximum absolute atomic E-state index is 11.9. The first kappa shape index (κ1) is 13.4. The summed E-state index contributed by atoms with van der Waals surface area (Å²) in [6, 6.07) is 10.5. The Hall–Kier alpha value is -2.07. The van der Waals surface area contributed by atoms with Crippen molar-refractivity contribution in [2.45, 2.75) is 13.0 Å². The number of hydrogen-bond acceptors (Lipinski definition) is 3. The monoisotopic (exact) mass is 276 g/mol. The Morgan fingerprint density at radius 1 is 1.32 bits per heavy atom. The van der Waals surface area contributed by atoms with Gasteiger partial charge in [0.15, 0.2) is 6.10 Å². The lowest BCUT2D eigenvalue weighted by molar-refractivity contribution is -0.122. The van der Waals surface area contributed by atoms with E-state index in [2.05, 4.69) is 10.3 Å². The third-order valence-corrected chi connectivity index (χ3v) is 2.75. The van der Waals surface area contributed by atoms with Gasteiger partial charge >= 0.3 is 0 Å². The van der Waals surface area contributed by atoms with Gasteiger partial charge in [-0.25, -0.2) is 0 Å². The number of nitrogens with one attached hydrogen (secondary N) is 1. The topological polar surface area (TPSA) is 51.2 Å². The van der Waals surface area contributed by atoms with Crippen LogP contribution < -0.4 is 10.1 Å². The smallest absolute Gasteiger partial charge is 0.265 e.